The van der Waals surface area contributed by atoms with Gasteiger partial charge < -0.3 is 10.0 Å². The summed E-state index contributed by atoms with van der Waals surface area (Å²) in [6, 6.07) is 0. The molecule has 0 aromatic carbocycles. The van der Waals surface area contributed by atoms with Gasteiger partial charge in [-0.05, 0) is 0 Å². The molecule has 0 saturated carbocycles. The molecule has 0 spiro atoms. The van der Waals surface area contributed by atoms with E-state index in [0.717, 1.165) is 0 Å². The second kappa shape index (κ2) is 3.13. The molecule has 0 bridgehead atoms. The molecular weight excluding hydrogens is 207 g/mol. The number of nitrogens with zero attached hydrogens (tertiary/aromatic N) is 2. The van der Waals surface area contributed by atoms with Crippen molar-refractivity contribution in [2.75, 3.05) is 7.05 Å². The third-order valence-corrected chi connectivity index (χ3v) is 2.37. The van der Waals surface area contributed by atoms with Crippen molar-refractivity contribution >= 4 is 17.4 Å². The maximum absolute atomic E-state index is 13.5. The van der Waals surface area contributed by atoms with E-state index in [1.165, 1.54) is 12.4 Å². The molecule has 3 nitrogen and oxygen atoms in total. The minimum absolute atomic E-state index is 0.0109. The minimum Gasteiger partial charge on any atom is -0.506 e. The Kier molecular flexibility index (Phi) is 2.07. The zero-order valence-corrected chi connectivity index (χ0v) is 8.22. The second-order valence-electron chi connectivity index (χ2n) is 3.18. The lowest BCUT2D eigenvalue weighted by Crippen LogP contribution is -2.19. The Hall–Kier alpha value is -1.29. The highest BCUT2D eigenvalue weighted by Gasteiger charge is 2.20. The zero-order chi connectivity index (χ0) is 10.3. The highest BCUT2D eigenvalue weighted by molar-refractivity contribution is 6.29. The van der Waals surface area contributed by atoms with Gasteiger partial charge >= 0.3 is 0 Å². The van der Waals surface area contributed by atoms with E-state index in [1.807, 2.05) is 0 Å². The Bertz CT molecular complexity index is 420. The first-order valence-corrected chi connectivity index (χ1v) is 4.41. The third-order valence-electron chi connectivity index (χ3n) is 2.10. The molecule has 0 amide bonds. The summed E-state index contributed by atoms with van der Waals surface area (Å²) in [6.07, 6.45) is 2.90. The molecule has 0 atom stereocenters. The standard InChI is InChI=1S/C9H8ClFN2O/c1-13-3-6-5(7(14)4-13)2-12-9(10)8(6)11/h2,4,14H,3H2,1H3. The van der Waals surface area contributed by atoms with E-state index < -0.39 is 5.82 Å². The first kappa shape index (κ1) is 9.27. The lowest BCUT2D eigenvalue weighted by atomic mass is 10.1. The lowest BCUT2D eigenvalue weighted by molar-refractivity contribution is 0.398. The van der Waals surface area contributed by atoms with Crippen LogP contribution in [-0.2, 0) is 6.54 Å². The van der Waals surface area contributed by atoms with E-state index in [0.29, 0.717) is 17.7 Å². The highest BCUT2D eigenvalue weighted by Crippen LogP contribution is 2.28. The zero-order valence-electron chi connectivity index (χ0n) is 7.46. The smallest absolute Gasteiger partial charge is 0.166 e. The van der Waals surface area contributed by atoms with E-state index in [1.54, 1.807) is 11.9 Å². The number of aliphatic hydroxyl groups is 1. The number of hydrogen-bond acceptors (Lipinski definition) is 3. The van der Waals surface area contributed by atoms with Crippen molar-refractivity contribution in [1.82, 2.24) is 9.88 Å². The number of halogens is 2. The fourth-order valence-electron chi connectivity index (χ4n) is 1.45. The lowest BCUT2D eigenvalue weighted by Gasteiger charge is -2.22. The highest BCUT2D eigenvalue weighted by atomic mass is 35.5. The van der Waals surface area contributed by atoms with Crippen molar-refractivity contribution < 1.29 is 9.50 Å². The van der Waals surface area contributed by atoms with Gasteiger partial charge in [-0.15, -0.1) is 0 Å². The van der Waals surface area contributed by atoms with Crippen LogP contribution < -0.4 is 0 Å². The summed E-state index contributed by atoms with van der Waals surface area (Å²) in [7, 11) is 1.74. The molecule has 0 aliphatic carbocycles. The van der Waals surface area contributed by atoms with E-state index >= 15 is 0 Å². The fraction of sp³-hybridized carbons (Fsp3) is 0.222. The van der Waals surface area contributed by atoms with Crippen LogP contribution in [0.1, 0.15) is 11.1 Å². The van der Waals surface area contributed by atoms with Gasteiger partial charge in [0.15, 0.2) is 11.0 Å². The van der Waals surface area contributed by atoms with E-state index in [-0.39, 0.29) is 10.9 Å². The van der Waals surface area contributed by atoms with E-state index in [9.17, 15) is 9.50 Å². The maximum Gasteiger partial charge on any atom is 0.166 e. The molecule has 2 rings (SSSR count). The van der Waals surface area contributed by atoms with E-state index in [4.69, 9.17) is 11.6 Å². The average molecular weight is 215 g/mol. The van der Waals surface area contributed by atoms with Gasteiger partial charge in [0.25, 0.3) is 0 Å². The van der Waals surface area contributed by atoms with E-state index in [2.05, 4.69) is 4.98 Å². The molecule has 74 valence electrons. The summed E-state index contributed by atoms with van der Waals surface area (Å²) in [6.45, 7) is 0.382. The van der Waals surface area contributed by atoms with Crippen LogP contribution in [0.25, 0.3) is 5.76 Å². The van der Waals surface area contributed by atoms with Crippen molar-refractivity contribution in [2.45, 2.75) is 6.54 Å². The second-order valence-corrected chi connectivity index (χ2v) is 3.54. The van der Waals surface area contributed by atoms with Gasteiger partial charge in [-0.3, -0.25) is 0 Å². The molecule has 0 fully saturated rings. The molecule has 14 heavy (non-hydrogen) atoms. The summed E-state index contributed by atoms with van der Waals surface area (Å²) in [5.41, 5.74) is 0.789. The van der Waals surface area contributed by atoms with Crippen LogP contribution in [0.3, 0.4) is 0 Å². The SMILES string of the molecule is CN1C=C(O)c2cnc(Cl)c(F)c2C1. The van der Waals surface area contributed by atoms with Crippen molar-refractivity contribution in [3.63, 3.8) is 0 Å². The topological polar surface area (TPSA) is 36.4 Å². The molecule has 1 aromatic rings. The summed E-state index contributed by atoms with van der Waals surface area (Å²) in [5.74, 6) is -0.549. The van der Waals surface area contributed by atoms with Crippen LogP contribution in [-0.4, -0.2) is 22.0 Å². The van der Waals surface area contributed by atoms with Gasteiger partial charge in [-0.25, -0.2) is 9.37 Å². The predicted molar refractivity (Wildman–Crippen MR) is 51.3 cm³/mol. The van der Waals surface area contributed by atoms with Crippen LogP contribution in [0.15, 0.2) is 12.4 Å². The van der Waals surface area contributed by atoms with Crippen LogP contribution >= 0.6 is 11.6 Å². The first-order valence-electron chi connectivity index (χ1n) is 4.04. The molecule has 1 aliphatic heterocycles. The molecule has 2 heterocycles. The van der Waals surface area contributed by atoms with Crippen LogP contribution in [0.4, 0.5) is 4.39 Å². The maximum atomic E-state index is 13.5. The number of pyridine rings is 1. The number of aromatic nitrogens is 1. The van der Waals surface area contributed by atoms with Gasteiger partial charge in [0.05, 0.1) is 0 Å². The Balaban J connectivity index is 2.63. The van der Waals surface area contributed by atoms with Gasteiger partial charge in [0.1, 0.15) is 5.76 Å². The van der Waals surface area contributed by atoms with Gasteiger partial charge in [-0.1, -0.05) is 11.6 Å². The van der Waals surface area contributed by atoms with Crippen LogP contribution in [0.2, 0.25) is 5.15 Å². The third kappa shape index (κ3) is 1.32. The van der Waals surface area contributed by atoms with Crippen molar-refractivity contribution in [3.05, 3.63) is 34.5 Å². The molecule has 1 aromatic heterocycles. The van der Waals surface area contributed by atoms with Gasteiger partial charge in [0.2, 0.25) is 0 Å². The summed E-state index contributed by atoms with van der Waals surface area (Å²) >= 11 is 5.54. The van der Waals surface area contributed by atoms with Crippen LogP contribution in [0.5, 0.6) is 0 Å². The molecule has 0 radical (unpaired) electrons. The molecule has 5 heteroatoms. The molecular formula is C9H8ClFN2O. The quantitative estimate of drug-likeness (QED) is 0.673. The first-order chi connectivity index (χ1) is 6.59. The fourth-order valence-corrected chi connectivity index (χ4v) is 1.61. The largest absolute Gasteiger partial charge is 0.506 e. The van der Waals surface area contributed by atoms with Crippen molar-refractivity contribution in [2.24, 2.45) is 0 Å². The Morgan fingerprint density at radius 2 is 2.36 bits per heavy atom. The number of hydrogen-bond donors (Lipinski definition) is 1. The number of aliphatic hydroxyl groups excluding tert-OH is 1. The van der Waals surface area contributed by atoms with Gasteiger partial charge in [-0.2, -0.15) is 0 Å². The van der Waals surface area contributed by atoms with Crippen molar-refractivity contribution in [3.8, 4) is 0 Å². The Labute approximate surface area is 85.4 Å². The molecule has 0 unspecified atom stereocenters. The summed E-state index contributed by atoms with van der Waals surface area (Å²) in [5, 5.41) is 9.36. The predicted octanol–water partition coefficient (Wildman–Crippen LogP) is 2.18. The molecule has 0 saturated heterocycles. The summed E-state index contributed by atoms with van der Waals surface area (Å²) in [4.78, 5) is 5.32. The molecule has 1 N–H and O–H groups in total. The molecule has 1 aliphatic rings. The minimum atomic E-state index is -0.560. The Morgan fingerprint density at radius 1 is 1.64 bits per heavy atom. The van der Waals surface area contributed by atoms with Gasteiger partial charge in [0, 0.05) is 37.1 Å². The number of fused-ring (bicyclic) bond motifs is 1. The van der Waals surface area contributed by atoms with Crippen LogP contribution in [0, 0.1) is 5.82 Å². The summed E-state index contributed by atoms with van der Waals surface area (Å²) < 4.78 is 13.5. The Morgan fingerprint density at radius 3 is 3.07 bits per heavy atom. The normalized spacial score (nSPS) is 15.1. The number of rotatable bonds is 0. The average Bonchev–Trinajstić information content (AvgIpc) is 2.12. The monoisotopic (exact) mass is 214 g/mol. The van der Waals surface area contributed by atoms with Crippen molar-refractivity contribution in [1.29, 1.82) is 0 Å².